The van der Waals surface area contributed by atoms with Crippen LogP contribution in [0.3, 0.4) is 0 Å². The number of carbonyl (C=O) groups is 2. The van der Waals surface area contributed by atoms with E-state index < -0.39 is 11.8 Å². The molecule has 1 fully saturated rings. The quantitative estimate of drug-likeness (QED) is 0.398. The molecule has 2 amide bonds. The number of carbonyl (C=O) groups excluding carboxylic acids is 2. The molecule has 35 heavy (non-hydrogen) atoms. The third-order valence-corrected chi connectivity index (χ3v) is 6.99. The van der Waals surface area contributed by atoms with E-state index in [1.165, 1.54) is 9.58 Å². The summed E-state index contributed by atoms with van der Waals surface area (Å²) in [5.74, 6) is -1.34. The number of hydrogen-bond donors (Lipinski definition) is 0. The van der Waals surface area contributed by atoms with E-state index in [1.54, 1.807) is 53.4 Å². The van der Waals surface area contributed by atoms with Crippen LogP contribution in [0, 0.1) is 0 Å². The van der Waals surface area contributed by atoms with Gasteiger partial charge in [0.05, 0.1) is 11.4 Å². The Morgan fingerprint density at radius 2 is 1.66 bits per heavy atom. The molecule has 1 aliphatic carbocycles. The molecule has 1 aliphatic heterocycles. The second-order valence-corrected chi connectivity index (χ2v) is 9.82. The van der Waals surface area contributed by atoms with Crippen LogP contribution in [0.2, 0.25) is 5.02 Å². The highest BCUT2D eigenvalue weighted by Gasteiger charge is 2.49. The minimum absolute atomic E-state index is 0.130. The molecule has 0 bridgehead atoms. The van der Waals surface area contributed by atoms with Crippen molar-refractivity contribution in [1.29, 1.82) is 0 Å². The Labute approximate surface area is 209 Å². The molecule has 3 heterocycles. The van der Waals surface area contributed by atoms with E-state index in [-0.39, 0.29) is 34.7 Å². The molecule has 7 nitrogen and oxygen atoms in total. The summed E-state index contributed by atoms with van der Waals surface area (Å²) in [4.78, 5) is 29.1. The van der Waals surface area contributed by atoms with Gasteiger partial charge in [-0.3, -0.25) is 14.5 Å². The normalized spacial score (nSPS) is 17.2. The fourth-order valence-electron chi connectivity index (χ4n) is 5.03. The smallest absolute Gasteiger partial charge is 0.327 e. The predicted octanol–water partition coefficient (Wildman–Crippen LogP) is 4.08. The molecule has 1 saturated carbocycles. The minimum Gasteiger partial charge on any atom is -0.858 e. The molecule has 180 valence electrons. The Balaban J connectivity index is 1.73. The van der Waals surface area contributed by atoms with E-state index >= 15 is 0 Å². The van der Waals surface area contributed by atoms with E-state index in [2.05, 4.69) is 5.10 Å². The molecule has 2 aromatic heterocycles. The molecule has 5 rings (SSSR count). The summed E-state index contributed by atoms with van der Waals surface area (Å²) < 4.78 is 2.93. The summed E-state index contributed by atoms with van der Waals surface area (Å²) in [5, 5.41) is 19.0. The average molecular weight is 491 g/mol. The average Bonchev–Trinajstić information content (AvgIpc) is 3.33. The van der Waals surface area contributed by atoms with Gasteiger partial charge in [-0.1, -0.05) is 50.8 Å². The second kappa shape index (κ2) is 9.30. The molecule has 0 saturated heterocycles. The van der Waals surface area contributed by atoms with E-state index in [9.17, 15) is 14.7 Å². The number of hydrogen-bond acceptors (Lipinski definition) is 4. The highest BCUT2D eigenvalue weighted by Crippen LogP contribution is 2.41. The Morgan fingerprint density at radius 3 is 2.29 bits per heavy atom. The Hall–Kier alpha value is -3.45. The first-order chi connectivity index (χ1) is 16.9. The highest BCUT2D eigenvalue weighted by atomic mass is 35.5. The third kappa shape index (κ3) is 4.04. The van der Waals surface area contributed by atoms with Crippen LogP contribution >= 0.6 is 11.6 Å². The number of imide groups is 1. The van der Waals surface area contributed by atoms with Crippen molar-refractivity contribution >= 4 is 34.7 Å². The minimum atomic E-state index is -0.424. The molecular weight excluding hydrogens is 464 g/mol. The fraction of sp³-hybridized carbons (Fsp3) is 0.333. The van der Waals surface area contributed by atoms with Crippen molar-refractivity contribution in [2.24, 2.45) is 0 Å². The Kier molecular flexibility index (Phi) is 6.19. The van der Waals surface area contributed by atoms with Gasteiger partial charge in [-0.2, -0.15) is 9.67 Å². The maximum absolute atomic E-state index is 14.0. The Bertz CT molecular complexity index is 1310. The predicted molar refractivity (Wildman–Crippen MR) is 131 cm³/mol. The van der Waals surface area contributed by atoms with Gasteiger partial charge < -0.3 is 5.11 Å². The van der Waals surface area contributed by atoms with Crippen LogP contribution in [0.5, 0.6) is 5.88 Å². The van der Waals surface area contributed by atoms with Crippen LogP contribution in [-0.4, -0.2) is 32.5 Å². The lowest BCUT2D eigenvalue weighted by Crippen LogP contribution is -2.45. The molecule has 0 unspecified atom stereocenters. The van der Waals surface area contributed by atoms with Crippen molar-refractivity contribution in [3.63, 3.8) is 0 Å². The molecule has 0 spiro atoms. The van der Waals surface area contributed by atoms with E-state index in [0.717, 1.165) is 32.1 Å². The van der Waals surface area contributed by atoms with Crippen molar-refractivity contribution in [3.8, 4) is 11.6 Å². The van der Waals surface area contributed by atoms with Crippen molar-refractivity contribution in [2.75, 3.05) is 0 Å². The molecule has 2 aliphatic rings. The number of benzene rings is 1. The van der Waals surface area contributed by atoms with Gasteiger partial charge in [0.2, 0.25) is 0 Å². The van der Waals surface area contributed by atoms with Gasteiger partial charge in [0.1, 0.15) is 5.57 Å². The summed E-state index contributed by atoms with van der Waals surface area (Å²) in [5.41, 5.74) is 1.56. The van der Waals surface area contributed by atoms with Gasteiger partial charge in [0.15, 0.2) is 12.4 Å². The van der Waals surface area contributed by atoms with Crippen LogP contribution in [0.4, 0.5) is 0 Å². The number of rotatable bonds is 5. The standard InChI is InChI=1S/C27H27ClN4O3/c1-17(2)23-21(26(34)32(29-23)20-13-11-18(28)12-14-20)22-24(30-15-7-4-8-16-30)27(35)31(25(22)33)19-9-5-3-6-10-19/h4,7-8,11-17,19H,3,5-6,9-10H2,1-2H3. The van der Waals surface area contributed by atoms with Gasteiger partial charge in [-0.25, -0.2) is 4.68 Å². The number of pyridine rings is 1. The lowest BCUT2D eigenvalue weighted by Gasteiger charge is -2.29. The lowest BCUT2D eigenvalue weighted by atomic mass is 9.94. The molecular formula is C27H27ClN4O3. The number of amides is 2. The van der Waals surface area contributed by atoms with Crippen molar-refractivity contribution in [3.05, 3.63) is 71.1 Å². The lowest BCUT2D eigenvalue weighted by molar-refractivity contribution is -0.576. The van der Waals surface area contributed by atoms with Gasteiger partial charge in [0, 0.05) is 28.8 Å². The maximum Gasteiger partial charge on any atom is 0.327 e. The van der Waals surface area contributed by atoms with E-state index in [0.29, 0.717) is 16.4 Å². The third-order valence-electron chi connectivity index (χ3n) is 6.74. The zero-order chi connectivity index (χ0) is 24.7. The second-order valence-electron chi connectivity index (χ2n) is 9.39. The van der Waals surface area contributed by atoms with E-state index in [4.69, 9.17) is 11.6 Å². The molecule has 8 heteroatoms. The van der Waals surface area contributed by atoms with Gasteiger partial charge in [-0.15, -0.1) is 0 Å². The topological polar surface area (TPSA) is 82.1 Å². The van der Waals surface area contributed by atoms with Crippen LogP contribution in [0.15, 0.2) is 54.9 Å². The Morgan fingerprint density at radius 1 is 1.00 bits per heavy atom. The largest absolute Gasteiger partial charge is 0.858 e. The van der Waals surface area contributed by atoms with Crippen LogP contribution in [0.25, 0.3) is 17.0 Å². The SMILES string of the molecule is CC(C)c1nn(-c2ccc(Cl)cc2)c([O-])c1C1=C([n+]2ccccc2)C(=O)N(C2CCCCC2)C1=O. The molecule has 0 N–H and O–H groups in total. The summed E-state index contributed by atoms with van der Waals surface area (Å²) in [6.07, 6.45) is 8.07. The van der Waals surface area contributed by atoms with Gasteiger partial charge >= 0.3 is 5.91 Å². The van der Waals surface area contributed by atoms with Crippen LogP contribution in [-0.2, 0) is 9.59 Å². The zero-order valence-electron chi connectivity index (χ0n) is 19.8. The first-order valence-electron chi connectivity index (χ1n) is 12.0. The first kappa shape index (κ1) is 23.3. The number of aromatic nitrogens is 3. The summed E-state index contributed by atoms with van der Waals surface area (Å²) >= 11 is 6.04. The molecule has 0 radical (unpaired) electrons. The highest BCUT2D eigenvalue weighted by molar-refractivity contribution is 6.45. The monoisotopic (exact) mass is 490 g/mol. The summed E-state index contributed by atoms with van der Waals surface area (Å²) in [7, 11) is 0. The zero-order valence-corrected chi connectivity index (χ0v) is 20.5. The molecule has 0 atom stereocenters. The summed E-state index contributed by atoms with van der Waals surface area (Å²) in [6, 6.07) is 12.1. The maximum atomic E-state index is 14.0. The fourth-order valence-corrected chi connectivity index (χ4v) is 5.16. The van der Waals surface area contributed by atoms with Crippen LogP contribution < -0.4 is 9.67 Å². The van der Waals surface area contributed by atoms with Gasteiger partial charge in [-0.05, 0) is 48.9 Å². The first-order valence-corrected chi connectivity index (χ1v) is 12.4. The number of halogens is 1. The van der Waals surface area contributed by atoms with E-state index in [1.807, 2.05) is 19.9 Å². The number of nitrogens with zero attached hydrogens (tertiary/aromatic N) is 4. The molecule has 3 aromatic rings. The van der Waals surface area contributed by atoms with Crippen LogP contribution in [0.1, 0.15) is 63.1 Å². The summed E-state index contributed by atoms with van der Waals surface area (Å²) in [6.45, 7) is 3.85. The van der Waals surface area contributed by atoms with Crippen molar-refractivity contribution in [1.82, 2.24) is 14.7 Å². The van der Waals surface area contributed by atoms with Crippen molar-refractivity contribution < 1.29 is 19.3 Å². The molecule has 1 aromatic carbocycles. The van der Waals surface area contributed by atoms with Gasteiger partial charge in [0.25, 0.3) is 11.6 Å². The van der Waals surface area contributed by atoms with Crippen molar-refractivity contribution in [2.45, 2.75) is 57.9 Å².